The molecule has 110 valence electrons. The molecule has 1 amide bonds. The van der Waals surface area contributed by atoms with E-state index in [1.54, 1.807) is 12.0 Å². The summed E-state index contributed by atoms with van der Waals surface area (Å²) in [5.41, 5.74) is 2.22. The first-order valence-corrected chi connectivity index (χ1v) is 7.18. The number of nitrogens with one attached hydrogen (secondary N) is 1. The summed E-state index contributed by atoms with van der Waals surface area (Å²) in [4.78, 5) is 13.8. The lowest BCUT2D eigenvalue weighted by Gasteiger charge is -2.19. The summed E-state index contributed by atoms with van der Waals surface area (Å²) in [5.74, 6) is 1.75. The van der Waals surface area contributed by atoms with Gasteiger partial charge in [0.25, 0.3) is 0 Å². The third-order valence-corrected chi connectivity index (χ3v) is 3.68. The van der Waals surface area contributed by atoms with Gasteiger partial charge in [-0.3, -0.25) is 4.79 Å². The molecule has 0 heterocycles. The Hall–Kier alpha value is -1.55. The summed E-state index contributed by atoms with van der Waals surface area (Å²) in [6.07, 6.45) is 2.61. The van der Waals surface area contributed by atoms with Crippen LogP contribution in [0, 0.1) is 12.8 Å². The highest BCUT2D eigenvalue weighted by atomic mass is 16.5. The van der Waals surface area contributed by atoms with Crippen molar-refractivity contribution in [1.82, 2.24) is 10.2 Å². The van der Waals surface area contributed by atoms with Crippen molar-refractivity contribution in [2.75, 3.05) is 27.2 Å². The Balaban J connectivity index is 1.87. The molecule has 1 aliphatic rings. The molecule has 20 heavy (non-hydrogen) atoms. The van der Waals surface area contributed by atoms with Gasteiger partial charge in [-0.15, -0.1) is 0 Å². The predicted octanol–water partition coefficient (Wildman–Crippen LogP) is 1.96. The fraction of sp³-hybridized carbons (Fsp3) is 0.562. The number of carbonyl (C=O) groups is 1. The monoisotopic (exact) mass is 276 g/mol. The molecule has 1 fully saturated rings. The van der Waals surface area contributed by atoms with E-state index in [4.69, 9.17) is 4.74 Å². The van der Waals surface area contributed by atoms with Crippen molar-refractivity contribution in [2.45, 2.75) is 26.3 Å². The topological polar surface area (TPSA) is 41.6 Å². The third-order valence-electron chi connectivity index (χ3n) is 3.68. The van der Waals surface area contributed by atoms with E-state index < -0.39 is 0 Å². The number of hydrogen-bond donors (Lipinski definition) is 1. The van der Waals surface area contributed by atoms with Gasteiger partial charge in [-0.25, -0.2) is 0 Å². The Bertz CT molecular complexity index is 470. The average molecular weight is 276 g/mol. The number of ether oxygens (including phenoxy) is 1. The second-order valence-electron chi connectivity index (χ2n) is 5.64. The molecule has 4 heteroatoms. The Kier molecular flexibility index (Phi) is 5.01. The number of methoxy groups -OCH3 is 1. The molecule has 1 aliphatic carbocycles. The van der Waals surface area contributed by atoms with Gasteiger partial charge in [0.1, 0.15) is 5.75 Å². The molecule has 4 nitrogen and oxygen atoms in total. The molecule has 1 N–H and O–H groups in total. The molecular formula is C16H24N2O2. The van der Waals surface area contributed by atoms with E-state index in [2.05, 4.69) is 11.4 Å². The second-order valence-corrected chi connectivity index (χ2v) is 5.64. The molecule has 0 radical (unpaired) electrons. The van der Waals surface area contributed by atoms with Crippen molar-refractivity contribution in [2.24, 2.45) is 5.92 Å². The van der Waals surface area contributed by atoms with Crippen LogP contribution in [0.2, 0.25) is 0 Å². The van der Waals surface area contributed by atoms with Crippen molar-refractivity contribution in [1.29, 1.82) is 0 Å². The fourth-order valence-corrected chi connectivity index (χ4v) is 2.21. The van der Waals surface area contributed by atoms with Crippen LogP contribution in [0.3, 0.4) is 0 Å². The second kappa shape index (κ2) is 6.75. The van der Waals surface area contributed by atoms with Gasteiger partial charge >= 0.3 is 0 Å². The first-order valence-electron chi connectivity index (χ1n) is 7.18. The lowest BCUT2D eigenvalue weighted by atomic mass is 10.1. The van der Waals surface area contributed by atoms with E-state index in [-0.39, 0.29) is 5.91 Å². The van der Waals surface area contributed by atoms with Gasteiger partial charge in [-0.05, 0) is 38.3 Å². The molecule has 0 atom stereocenters. The lowest BCUT2D eigenvalue weighted by Crippen LogP contribution is -2.36. The molecule has 0 bridgehead atoms. The zero-order chi connectivity index (χ0) is 14.5. The summed E-state index contributed by atoms with van der Waals surface area (Å²) >= 11 is 0. The largest absolute Gasteiger partial charge is 0.496 e. The van der Waals surface area contributed by atoms with Crippen molar-refractivity contribution in [3.63, 3.8) is 0 Å². The minimum absolute atomic E-state index is 0.120. The van der Waals surface area contributed by atoms with Crippen LogP contribution in [0.15, 0.2) is 18.2 Å². The average Bonchev–Trinajstić information content (AvgIpc) is 3.23. The highest BCUT2D eigenvalue weighted by Gasteiger charge is 2.21. The quantitative estimate of drug-likeness (QED) is 0.828. The molecule has 0 spiro atoms. The number of carbonyl (C=O) groups excluding carboxylic acids is 1. The van der Waals surface area contributed by atoms with Gasteiger partial charge < -0.3 is 15.0 Å². The SMILES string of the molecule is COc1ccc(C)cc1CN(C)C(=O)CNCC1CC1. The molecule has 1 saturated carbocycles. The van der Waals surface area contributed by atoms with Gasteiger partial charge in [-0.1, -0.05) is 17.7 Å². The van der Waals surface area contributed by atoms with Crippen LogP contribution in [0.1, 0.15) is 24.0 Å². The fourth-order valence-electron chi connectivity index (χ4n) is 2.21. The zero-order valence-corrected chi connectivity index (χ0v) is 12.6. The number of hydrogen-bond acceptors (Lipinski definition) is 3. The van der Waals surface area contributed by atoms with Crippen LogP contribution < -0.4 is 10.1 Å². The van der Waals surface area contributed by atoms with Gasteiger partial charge in [0, 0.05) is 19.2 Å². The number of likely N-dealkylation sites (N-methyl/N-ethyl adjacent to an activating group) is 1. The molecule has 0 saturated heterocycles. The van der Waals surface area contributed by atoms with Crippen LogP contribution in [0.4, 0.5) is 0 Å². The normalized spacial score (nSPS) is 14.2. The van der Waals surface area contributed by atoms with E-state index in [1.807, 2.05) is 26.1 Å². The molecule has 0 aliphatic heterocycles. The molecule has 0 aromatic heterocycles. The first kappa shape index (κ1) is 14.9. The molecule has 1 aromatic rings. The highest BCUT2D eigenvalue weighted by molar-refractivity contribution is 5.78. The van der Waals surface area contributed by atoms with Gasteiger partial charge in [0.2, 0.25) is 5.91 Å². The molecule has 2 rings (SSSR count). The van der Waals surface area contributed by atoms with Crippen LogP contribution in [-0.2, 0) is 11.3 Å². The maximum Gasteiger partial charge on any atom is 0.236 e. The van der Waals surface area contributed by atoms with E-state index in [0.717, 1.165) is 23.8 Å². The summed E-state index contributed by atoms with van der Waals surface area (Å²) in [5, 5.41) is 3.23. The number of aryl methyl sites for hydroxylation is 1. The van der Waals surface area contributed by atoms with E-state index in [0.29, 0.717) is 13.1 Å². The standard InChI is InChI=1S/C16H24N2O2/c1-12-4-7-15(20-3)14(8-12)11-18(2)16(19)10-17-9-13-5-6-13/h4,7-8,13,17H,5-6,9-11H2,1-3H3. The minimum Gasteiger partial charge on any atom is -0.496 e. The summed E-state index contributed by atoms with van der Waals surface area (Å²) < 4.78 is 5.35. The van der Waals surface area contributed by atoms with Crippen LogP contribution in [-0.4, -0.2) is 38.1 Å². The van der Waals surface area contributed by atoms with Crippen molar-refractivity contribution in [3.8, 4) is 5.75 Å². The maximum absolute atomic E-state index is 12.1. The molecule has 1 aromatic carbocycles. The van der Waals surface area contributed by atoms with Gasteiger partial charge in [-0.2, -0.15) is 0 Å². The summed E-state index contributed by atoms with van der Waals surface area (Å²) in [6, 6.07) is 6.04. The Morgan fingerprint density at radius 2 is 2.20 bits per heavy atom. The Morgan fingerprint density at radius 3 is 2.85 bits per heavy atom. The van der Waals surface area contributed by atoms with Crippen molar-refractivity contribution < 1.29 is 9.53 Å². The van der Waals surface area contributed by atoms with Crippen molar-refractivity contribution >= 4 is 5.91 Å². The lowest BCUT2D eigenvalue weighted by molar-refractivity contribution is -0.129. The van der Waals surface area contributed by atoms with Crippen molar-refractivity contribution in [3.05, 3.63) is 29.3 Å². The van der Waals surface area contributed by atoms with Gasteiger partial charge in [0.05, 0.1) is 13.7 Å². The minimum atomic E-state index is 0.120. The zero-order valence-electron chi connectivity index (χ0n) is 12.6. The smallest absolute Gasteiger partial charge is 0.236 e. The number of rotatable bonds is 7. The Labute approximate surface area is 121 Å². The van der Waals surface area contributed by atoms with Gasteiger partial charge in [0.15, 0.2) is 0 Å². The predicted molar refractivity (Wildman–Crippen MR) is 79.8 cm³/mol. The van der Waals surface area contributed by atoms with E-state index in [1.165, 1.54) is 18.4 Å². The number of benzene rings is 1. The number of amides is 1. The van der Waals surface area contributed by atoms with Crippen LogP contribution in [0.5, 0.6) is 5.75 Å². The number of nitrogens with zero attached hydrogens (tertiary/aromatic N) is 1. The highest BCUT2D eigenvalue weighted by Crippen LogP contribution is 2.27. The first-order chi connectivity index (χ1) is 9.60. The van der Waals surface area contributed by atoms with Crippen LogP contribution >= 0.6 is 0 Å². The summed E-state index contributed by atoms with van der Waals surface area (Å²) in [6.45, 7) is 4.01. The van der Waals surface area contributed by atoms with E-state index in [9.17, 15) is 4.79 Å². The maximum atomic E-state index is 12.1. The molecular weight excluding hydrogens is 252 g/mol. The van der Waals surface area contributed by atoms with Crippen LogP contribution in [0.25, 0.3) is 0 Å². The summed E-state index contributed by atoms with van der Waals surface area (Å²) in [7, 11) is 3.50. The third kappa shape index (κ3) is 4.23. The molecule has 0 unspecified atom stereocenters. The Morgan fingerprint density at radius 1 is 1.45 bits per heavy atom. The van der Waals surface area contributed by atoms with E-state index >= 15 is 0 Å².